The van der Waals surface area contributed by atoms with E-state index in [0.29, 0.717) is 6.61 Å². The summed E-state index contributed by atoms with van der Waals surface area (Å²) in [6.07, 6.45) is 3.21. The van der Waals surface area contributed by atoms with Gasteiger partial charge in [-0.2, -0.15) is 0 Å². The summed E-state index contributed by atoms with van der Waals surface area (Å²) in [6.45, 7) is 2.54. The number of anilines is 1. The van der Waals surface area contributed by atoms with Crippen molar-refractivity contribution in [2.75, 3.05) is 19.0 Å². The van der Waals surface area contributed by atoms with Crippen molar-refractivity contribution >= 4 is 5.82 Å². The molecule has 0 saturated heterocycles. The maximum Gasteiger partial charge on any atom is 0.161 e. The number of nitrogens with zero attached hydrogens (tertiary/aromatic N) is 2. The van der Waals surface area contributed by atoms with Gasteiger partial charge in [-0.3, -0.25) is 0 Å². The fourth-order valence-electron chi connectivity index (χ4n) is 1.62. The van der Waals surface area contributed by atoms with E-state index in [9.17, 15) is 0 Å². The summed E-state index contributed by atoms with van der Waals surface area (Å²) in [4.78, 5) is 7.97. The molecule has 0 radical (unpaired) electrons. The molecular weight excluding hydrogens is 242 g/mol. The molecule has 0 saturated carbocycles. The highest BCUT2D eigenvalue weighted by Crippen LogP contribution is 2.25. The molecule has 0 bridgehead atoms. The standard InChI is InChI=1S/C14H17N3O2/c1-11(17-14-7-8-15-10-16-14)9-19-13-6-4-3-5-12(13)18-2/h3-8,10-11H,9H2,1-2H3,(H,15,16,17). The van der Waals surface area contributed by atoms with Gasteiger partial charge in [-0.25, -0.2) is 9.97 Å². The Bertz CT molecular complexity index is 505. The van der Waals surface area contributed by atoms with Crippen LogP contribution in [0.2, 0.25) is 0 Å². The predicted molar refractivity (Wildman–Crippen MR) is 73.6 cm³/mol. The predicted octanol–water partition coefficient (Wildman–Crippen LogP) is 2.36. The van der Waals surface area contributed by atoms with Crippen molar-refractivity contribution in [1.29, 1.82) is 0 Å². The van der Waals surface area contributed by atoms with Crippen molar-refractivity contribution in [3.8, 4) is 11.5 Å². The van der Waals surface area contributed by atoms with Crippen LogP contribution in [0.25, 0.3) is 0 Å². The van der Waals surface area contributed by atoms with Crippen LogP contribution < -0.4 is 14.8 Å². The van der Waals surface area contributed by atoms with Crippen LogP contribution in [0, 0.1) is 0 Å². The van der Waals surface area contributed by atoms with Gasteiger partial charge in [-0.1, -0.05) is 12.1 Å². The molecule has 1 aromatic carbocycles. The van der Waals surface area contributed by atoms with Gasteiger partial charge >= 0.3 is 0 Å². The minimum absolute atomic E-state index is 0.125. The lowest BCUT2D eigenvalue weighted by molar-refractivity contribution is 0.284. The van der Waals surface area contributed by atoms with E-state index in [1.54, 1.807) is 13.3 Å². The third-order valence-corrected chi connectivity index (χ3v) is 2.53. The number of aromatic nitrogens is 2. The number of hydrogen-bond acceptors (Lipinski definition) is 5. The molecule has 0 amide bonds. The fourth-order valence-corrected chi connectivity index (χ4v) is 1.62. The lowest BCUT2D eigenvalue weighted by Gasteiger charge is -2.16. The zero-order valence-electron chi connectivity index (χ0n) is 11.0. The summed E-state index contributed by atoms with van der Waals surface area (Å²) in [5.41, 5.74) is 0. The number of rotatable bonds is 6. The van der Waals surface area contributed by atoms with Gasteiger partial charge in [0.15, 0.2) is 11.5 Å². The second-order valence-corrected chi connectivity index (χ2v) is 4.10. The highest BCUT2D eigenvalue weighted by molar-refractivity contribution is 5.39. The van der Waals surface area contributed by atoms with E-state index in [2.05, 4.69) is 15.3 Å². The largest absolute Gasteiger partial charge is 0.493 e. The maximum atomic E-state index is 5.73. The van der Waals surface area contributed by atoms with Gasteiger partial charge in [-0.15, -0.1) is 0 Å². The molecule has 19 heavy (non-hydrogen) atoms. The minimum atomic E-state index is 0.125. The molecule has 5 nitrogen and oxygen atoms in total. The third-order valence-electron chi connectivity index (χ3n) is 2.53. The molecule has 0 spiro atoms. The molecule has 2 rings (SSSR count). The van der Waals surface area contributed by atoms with E-state index in [0.717, 1.165) is 17.3 Å². The average Bonchev–Trinajstić information content (AvgIpc) is 2.46. The van der Waals surface area contributed by atoms with Crippen LogP contribution in [0.3, 0.4) is 0 Å². The number of hydrogen-bond donors (Lipinski definition) is 1. The number of nitrogens with one attached hydrogen (secondary N) is 1. The lowest BCUT2D eigenvalue weighted by atomic mass is 10.3. The summed E-state index contributed by atoms with van der Waals surface area (Å²) in [7, 11) is 1.63. The highest BCUT2D eigenvalue weighted by Gasteiger charge is 2.07. The number of benzene rings is 1. The van der Waals surface area contributed by atoms with E-state index in [1.165, 1.54) is 6.33 Å². The van der Waals surface area contributed by atoms with Crippen molar-refractivity contribution in [2.24, 2.45) is 0 Å². The van der Waals surface area contributed by atoms with E-state index >= 15 is 0 Å². The molecule has 1 atom stereocenters. The minimum Gasteiger partial charge on any atom is -0.493 e. The number of methoxy groups -OCH3 is 1. The van der Waals surface area contributed by atoms with Crippen LogP contribution in [0.1, 0.15) is 6.92 Å². The van der Waals surface area contributed by atoms with Gasteiger partial charge < -0.3 is 14.8 Å². The molecule has 1 N–H and O–H groups in total. The Hall–Kier alpha value is -2.30. The molecule has 1 heterocycles. The Balaban J connectivity index is 1.88. The molecule has 5 heteroatoms. The first-order valence-electron chi connectivity index (χ1n) is 6.08. The zero-order chi connectivity index (χ0) is 13.5. The summed E-state index contributed by atoms with van der Waals surface area (Å²) in [6, 6.07) is 9.53. The molecular formula is C14H17N3O2. The summed E-state index contributed by atoms with van der Waals surface area (Å²) in [5, 5.41) is 3.23. The molecule has 0 fully saturated rings. The first kappa shape index (κ1) is 13.1. The van der Waals surface area contributed by atoms with Crippen molar-refractivity contribution in [2.45, 2.75) is 13.0 Å². The van der Waals surface area contributed by atoms with Gasteiger partial charge in [0, 0.05) is 6.20 Å². The molecule has 0 aliphatic heterocycles. The number of para-hydroxylation sites is 2. The zero-order valence-corrected chi connectivity index (χ0v) is 11.0. The van der Waals surface area contributed by atoms with Gasteiger partial charge in [0.1, 0.15) is 18.8 Å². The van der Waals surface area contributed by atoms with Crippen molar-refractivity contribution in [1.82, 2.24) is 9.97 Å². The fraction of sp³-hybridized carbons (Fsp3) is 0.286. The molecule has 1 aromatic heterocycles. The molecule has 1 unspecified atom stereocenters. The second-order valence-electron chi connectivity index (χ2n) is 4.10. The first-order chi connectivity index (χ1) is 9.29. The van der Waals surface area contributed by atoms with Gasteiger partial charge in [0.2, 0.25) is 0 Å². The molecule has 100 valence electrons. The average molecular weight is 259 g/mol. The quantitative estimate of drug-likeness (QED) is 0.863. The Labute approximate surface area is 112 Å². The number of ether oxygens (including phenoxy) is 2. The Morgan fingerprint density at radius 2 is 2.00 bits per heavy atom. The lowest BCUT2D eigenvalue weighted by Crippen LogP contribution is -2.24. The first-order valence-corrected chi connectivity index (χ1v) is 6.08. The normalized spacial score (nSPS) is 11.7. The highest BCUT2D eigenvalue weighted by atomic mass is 16.5. The van der Waals surface area contributed by atoms with E-state index in [1.807, 2.05) is 37.3 Å². The molecule has 0 aliphatic carbocycles. The Morgan fingerprint density at radius 1 is 1.21 bits per heavy atom. The maximum absolute atomic E-state index is 5.73. The summed E-state index contributed by atoms with van der Waals surface area (Å²) < 4.78 is 11.0. The third kappa shape index (κ3) is 3.84. The van der Waals surface area contributed by atoms with Crippen LogP contribution in [0.5, 0.6) is 11.5 Å². The van der Waals surface area contributed by atoms with Crippen LogP contribution in [0.15, 0.2) is 42.9 Å². The van der Waals surface area contributed by atoms with Crippen LogP contribution >= 0.6 is 0 Å². The SMILES string of the molecule is COc1ccccc1OCC(C)Nc1ccncn1. The van der Waals surface area contributed by atoms with Crippen LogP contribution in [-0.2, 0) is 0 Å². The van der Waals surface area contributed by atoms with Crippen molar-refractivity contribution in [3.05, 3.63) is 42.9 Å². The van der Waals surface area contributed by atoms with Gasteiger partial charge in [-0.05, 0) is 25.1 Å². The second kappa shape index (κ2) is 6.58. The molecule has 0 aliphatic rings. The van der Waals surface area contributed by atoms with Crippen LogP contribution in [0.4, 0.5) is 5.82 Å². The van der Waals surface area contributed by atoms with Crippen LogP contribution in [-0.4, -0.2) is 29.7 Å². The Kier molecular flexibility index (Phi) is 4.55. The Morgan fingerprint density at radius 3 is 2.68 bits per heavy atom. The molecule has 2 aromatic rings. The smallest absolute Gasteiger partial charge is 0.161 e. The van der Waals surface area contributed by atoms with Crippen molar-refractivity contribution in [3.63, 3.8) is 0 Å². The summed E-state index contributed by atoms with van der Waals surface area (Å²) in [5.74, 6) is 2.25. The monoisotopic (exact) mass is 259 g/mol. The van der Waals surface area contributed by atoms with E-state index < -0.39 is 0 Å². The van der Waals surface area contributed by atoms with Gasteiger partial charge in [0.25, 0.3) is 0 Å². The van der Waals surface area contributed by atoms with Crippen molar-refractivity contribution < 1.29 is 9.47 Å². The van der Waals surface area contributed by atoms with E-state index in [4.69, 9.17) is 9.47 Å². The topological polar surface area (TPSA) is 56.3 Å². The van der Waals surface area contributed by atoms with Gasteiger partial charge in [0.05, 0.1) is 13.2 Å². The summed E-state index contributed by atoms with van der Waals surface area (Å²) >= 11 is 0. The van der Waals surface area contributed by atoms with E-state index in [-0.39, 0.29) is 6.04 Å².